The van der Waals surface area contributed by atoms with E-state index >= 15 is 0 Å². The average Bonchev–Trinajstić information content (AvgIpc) is 3.13. The van der Waals surface area contributed by atoms with Gasteiger partial charge in [-0.15, -0.1) is 0 Å². The number of hydrogen-bond acceptors (Lipinski definition) is 13. The number of carbonyl (C=O) groups excluding carboxylic acids is 3. The molecule has 3 aliphatic carbocycles. The molecule has 1 amide bonds. The van der Waals surface area contributed by atoms with Crippen LogP contribution in [0, 0.1) is 0 Å². The van der Waals surface area contributed by atoms with E-state index in [2.05, 4.69) is 10.2 Å². The topological polar surface area (TPSA) is 205 Å². The number of amides is 1. The van der Waals surface area contributed by atoms with Crippen LogP contribution in [-0.4, -0.2) is 125 Å². The second-order valence-electron chi connectivity index (χ2n) is 14.1. The maximum Gasteiger partial charge on any atom is 0.252 e. The summed E-state index contributed by atoms with van der Waals surface area (Å²) in [6.07, 6.45) is 2.40. The van der Waals surface area contributed by atoms with Gasteiger partial charge in [-0.2, -0.15) is 0 Å². The number of rotatable bonds is 5. The standard InChI is InChI=1S/C26H27NO8.C11H21NO4/c1-35-16-9-5-8-13-18(16)24(32)20-19(21(13)29)22(30)14-10-26(34,11-15(28)17(14)23(20)31)25(33)27-12-6-3-2-4-7-12;1-8-11(13)9(3-5-15-8)12-4-6-16-10(7-12)14-2/h5,8-9,12,15,28,30-31,34H,2-4,6-7,10-11H2,1H3,(H,27,33);8-11,13H,3-7H2,1-2H3. The molecule has 0 bridgehead atoms. The molecule has 6 unspecified atom stereocenters. The number of nitrogens with one attached hydrogen (secondary N) is 1. The zero-order chi connectivity index (χ0) is 36.6. The third kappa shape index (κ3) is 6.98. The second-order valence-corrected chi connectivity index (χ2v) is 14.1. The number of phenols is 2. The van der Waals surface area contributed by atoms with E-state index in [0.29, 0.717) is 6.61 Å². The molecule has 2 heterocycles. The third-order valence-corrected chi connectivity index (χ3v) is 10.9. The van der Waals surface area contributed by atoms with Crippen molar-refractivity contribution in [3.05, 3.63) is 51.6 Å². The molecule has 14 nitrogen and oxygen atoms in total. The molecular weight excluding hydrogens is 664 g/mol. The van der Waals surface area contributed by atoms with Gasteiger partial charge in [0.1, 0.15) is 22.8 Å². The minimum atomic E-state index is -2.06. The fourth-order valence-electron chi connectivity index (χ4n) is 8.12. The van der Waals surface area contributed by atoms with Gasteiger partial charge in [-0.25, -0.2) is 0 Å². The number of ether oxygens (including phenoxy) is 4. The Morgan fingerprint density at radius 1 is 0.961 bits per heavy atom. The molecule has 278 valence electrons. The Morgan fingerprint density at radius 3 is 2.39 bits per heavy atom. The van der Waals surface area contributed by atoms with Crippen LogP contribution in [0.2, 0.25) is 0 Å². The summed E-state index contributed by atoms with van der Waals surface area (Å²) in [6, 6.07) is 4.53. The first-order valence-electron chi connectivity index (χ1n) is 17.7. The zero-order valence-electron chi connectivity index (χ0n) is 29.2. The summed E-state index contributed by atoms with van der Waals surface area (Å²) >= 11 is 0. The summed E-state index contributed by atoms with van der Waals surface area (Å²) in [6.45, 7) is 4.89. The minimum absolute atomic E-state index is 0.00170. The lowest BCUT2D eigenvalue weighted by Gasteiger charge is -2.43. The Labute approximate surface area is 296 Å². The summed E-state index contributed by atoms with van der Waals surface area (Å²) in [5, 5.41) is 57.2. The van der Waals surface area contributed by atoms with E-state index in [9.17, 15) is 39.9 Å². The van der Waals surface area contributed by atoms with Gasteiger partial charge >= 0.3 is 0 Å². The van der Waals surface area contributed by atoms with Gasteiger partial charge < -0.3 is 49.8 Å². The molecule has 6 atom stereocenters. The minimum Gasteiger partial charge on any atom is -0.507 e. The van der Waals surface area contributed by atoms with Gasteiger partial charge in [0.25, 0.3) is 5.91 Å². The molecule has 14 heteroatoms. The molecule has 7 rings (SSSR count). The van der Waals surface area contributed by atoms with Crippen molar-refractivity contribution in [2.75, 3.05) is 40.5 Å². The van der Waals surface area contributed by atoms with E-state index < -0.39 is 70.8 Å². The van der Waals surface area contributed by atoms with Crippen LogP contribution < -0.4 is 10.1 Å². The Kier molecular flexibility index (Phi) is 11.0. The number of phenolic OH excluding ortho intramolecular Hbond substituents is 2. The summed E-state index contributed by atoms with van der Waals surface area (Å²) in [7, 11) is 2.99. The second kappa shape index (κ2) is 15.2. The number of aliphatic hydroxyl groups is 3. The predicted octanol–water partition coefficient (Wildman–Crippen LogP) is 1.87. The van der Waals surface area contributed by atoms with E-state index in [1.54, 1.807) is 7.11 Å². The molecule has 5 aliphatic rings. The summed E-state index contributed by atoms with van der Waals surface area (Å²) < 4.78 is 21.3. The van der Waals surface area contributed by atoms with Gasteiger partial charge in [0.2, 0.25) is 5.78 Å². The molecule has 51 heavy (non-hydrogen) atoms. The van der Waals surface area contributed by atoms with E-state index in [0.717, 1.165) is 58.2 Å². The third-order valence-electron chi connectivity index (χ3n) is 10.9. The molecule has 0 spiro atoms. The molecule has 0 radical (unpaired) electrons. The summed E-state index contributed by atoms with van der Waals surface area (Å²) in [5.74, 6) is -3.27. The molecule has 1 saturated carbocycles. The average molecular weight is 713 g/mol. The van der Waals surface area contributed by atoms with Gasteiger partial charge in [0, 0.05) is 68.4 Å². The number of hydrogen-bond donors (Lipinski definition) is 6. The number of aromatic hydroxyl groups is 2. The normalized spacial score (nSPS) is 29.6. The fourth-order valence-corrected chi connectivity index (χ4v) is 8.12. The number of fused-ring (bicyclic) bond motifs is 3. The predicted molar refractivity (Wildman–Crippen MR) is 181 cm³/mol. The Morgan fingerprint density at radius 2 is 1.69 bits per heavy atom. The highest BCUT2D eigenvalue weighted by Crippen LogP contribution is 2.51. The highest BCUT2D eigenvalue weighted by Gasteiger charge is 2.49. The smallest absolute Gasteiger partial charge is 0.252 e. The summed E-state index contributed by atoms with van der Waals surface area (Å²) in [5.41, 5.74) is -3.26. The van der Waals surface area contributed by atoms with Gasteiger partial charge in [-0.3, -0.25) is 19.3 Å². The van der Waals surface area contributed by atoms with Gasteiger partial charge in [-0.05, 0) is 32.3 Å². The Bertz CT molecular complexity index is 1660. The molecule has 2 aromatic carbocycles. The lowest BCUT2D eigenvalue weighted by atomic mass is 9.72. The molecule has 2 aliphatic heterocycles. The van der Waals surface area contributed by atoms with Crippen molar-refractivity contribution in [2.24, 2.45) is 0 Å². The number of benzene rings is 2. The maximum atomic E-state index is 13.4. The van der Waals surface area contributed by atoms with Crippen LogP contribution in [-0.2, 0) is 25.4 Å². The monoisotopic (exact) mass is 712 g/mol. The van der Waals surface area contributed by atoms with Crippen LogP contribution in [0.1, 0.15) is 101 Å². The molecule has 6 N–H and O–H groups in total. The van der Waals surface area contributed by atoms with Crippen LogP contribution in [0.5, 0.6) is 17.2 Å². The van der Waals surface area contributed by atoms with Crippen molar-refractivity contribution < 1.29 is 58.9 Å². The maximum absolute atomic E-state index is 13.4. The molecule has 3 fully saturated rings. The number of morpholine rings is 1. The molecule has 2 saturated heterocycles. The van der Waals surface area contributed by atoms with Crippen molar-refractivity contribution >= 4 is 17.5 Å². The van der Waals surface area contributed by atoms with Crippen molar-refractivity contribution in [2.45, 2.75) is 101 Å². The van der Waals surface area contributed by atoms with Crippen molar-refractivity contribution in [3.63, 3.8) is 0 Å². The Hall–Kier alpha value is -3.63. The molecule has 0 aromatic heterocycles. The number of methoxy groups -OCH3 is 2. The molecule has 2 aromatic rings. The van der Waals surface area contributed by atoms with Crippen LogP contribution >= 0.6 is 0 Å². The zero-order valence-corrected chi connectivity index (χ0v) is 29.2. The first-order valence-corrected chi connectivity index (χ1v) is 17.7. The highest BCUT2D eigenvalue weighted by molar-refractivity contribution is 6.31. The number of carbonyl (C=O) groups is 3. The largest absolute Gasteiger partial charge is 0.507 e. The van der Waals surface area contributed by atoms with E-state index in [4.69, 9.17) is 18.9 Å². The van der Waals surface area contributed by atoms with E-state index in [1.807, 2.05) is 6.92 Å². The van der Waals surface area contributed by atoms with Crippen LogP contribution in [0.4, 0.5) is 0 Å². The van der Waals surface area contributed by atoms with E-state index in [1.165, 1.54) is 25.3 Å². The lowest BCUT2D eigenvalue weighted by molar-refractivity contribution is -0.190. The fraction of sp³-hybridized carbons (Fsp3) is 0.595. The van der Waals surface area contributed by atoms with Crippen molar-refractivity contribution in [3.8, 4) is 17.2 Å². The first kappa shape index (κ1) is 37.1. The van der Waals surface area contributed by atoms with E-state index in [-0.39, 0.29) is 52.5 Å². The number of aliphatic hydroxyl groups excluding tert-OH is 2. The quantitative estimate of drug-likeness (QED) is 0.210. The van der Waals surface area contributed by atoms with Gasteiger partial charge in [-0.1, -0.05) is 31.4 Å². The van der Waals surface area contributed by atoms with Crippen molar-refractivity contribution in [1.29, 1.82) is 0 Å². The van der Waals surface area contributed by atoms with Crippen molar-refractivity contribution in [1.82, 2.24) is 10.2 Å². The van der Waals surface area contributed by atoms with Crippen LogP contribution in [0.25, 0.3) is 0 Å². The highest BCUT2D eigenvalue weighted by atomic mass is 16.7. The van der Waals surface area contributed by atoms with Gasteiger partial charge in [0.15, 0.2) is 12.1 Å². The van der Waals surface area contributed by atoms with Crippen LogP contribution in [0.3, 0.4) is 0 Å². The number of nitrogens with zero attached hydrogens (tertiary/aromatic N) is 1. The Balaban J connectivity index is 0.000000234. The SMILES string of the molecule is COC1CN(C2CCOC(C)C2O)CCO1.COc1cccc2c1C(=O)c1c(O)c3c(c(O)c1C2=O)CC(O)(C(=O)NC1CCCCC1)CC3O. The summed E-state index contributed by atoms with van der Waals surface area (Å²) in [4.78, 5) is 42.0. The first-order chi connectivity index (χ1) is 24.4. The number of ketones is 2. The van der Waals surface area contributed by atoms with Gasteiger partial charge in [0.05, 0.1) is 48.7 Å². The lowest BCUT2D eigenvalue weighted by Crippen LogP contribution is -2.57. The van der Waals surface area contributed by atoms with Crippen LogP contribution in [0.15, 0.2) is 18.2 Å². The molecular formula is C37H48N2O12.